The number of carbonyl (C=O) groups is 2. The zero-order chi connectivity index (χ0) is 31.2. The molecule has 2 fully saturated rings. The lowest BCUT2D eigenvalue weighted by atomic mass is 9.78. The fourth-order valence-electron chi connectivity index (χ4n) is 6.08. The molecule has 2 heterocycles. The Kier molecular flexibility index (Phi) is 8.36. The van der Waals surface area contributed by atoms with Gasteiger partial charge in [0, 0.05) is 36.3 Å². The van der Waals surface area contributed by atoms with Crippen LogP contribution in [0.15, 0.2) is 47.0 Å². The van der Waals surface area contributed by atoms with E-state index in [1.807, 2.05) is 6.92 Å². The van der Waals surface area contributed by atoms with Gasteiger partial charge in [-0.25, -0.2) is 13.2 Å². The minimum absolute atomic E-state index is 0.0446. The molecule has 1 aliphatic heterocycles. The predicted molar refractivity (Wildman–Crippen MR) is 154 cm³/mol. The number of aromatic nitrogens is 1. The topological polar surface area (TPSA) is 108 Å². The van der Waals surface area contributed by atoms with Gasteiger partial charge in [-0.2, -0.15) is 0 Å². The summed E-state index contributed by atoms with van der Waals surface area (Å²) in [6.45, 7) is 6.10. The summed E-state index contributed by atoms with van der Waals surface area (Å²) in [5.41, 5.74) is -2.23. The summed E-state index contributed by atoms with van der Waals surface area (Å²) in [6.07, 6.45) is 2.81. The summed E-state index contributed by atoms with van der Waals surface area (Å²) in [7, 11) is 0. The highest BCUT2D eigenvalue weighted by molar-refractivity contribution is 6.31. The van der Waals surface area contributed by atoms with Gasteiger partial charge >= 0.3 is 0 Å². The average Bonchev–Trinajstić information content (AvgIpc) is 3.36. The van der Waals surface area contributed by atoms with E-state index >= 15 is 0 Å². The first-order chi connectivity index (χ1) is 20.2. The highest BCUT2D eigenvalue weighted by Crippen LogP contribution is 2.37. The molecule has 0 bridgehead atoms. The summed E-state index contributed by atoms with van der Waals surface area (Å²) in [6, 6.07) is 8.40. The Morgan fingerprint density at radius 3 is 2.40 bits per heavy atom. The van der Waals surface area contributed by atoms with Crippen LogP contribution >= 0.6 is 11.6 Å². The number of nitrogens with one attached hydrogen (secondary N) is 2. The van der Waals surface area contributed by atoms with Crippen LogP contribution in [0.1, 0.15) is 68.9 Å². The number of halogens is 4. The van der Waals surface area contributed by atoms with Crippen molar-refractivity contribution in [3.05, 3.63) is 76.2 Å². The normalized spacial score (nSPS) is 22.1. The van der Waals surface area contributed by atoms with Crippen LogP contribution in [0.2, 0.25) is 5.02 Å². The third-order valence-corrected chi connectivity index (χ3v) is 8.75. The van der Waals surface area contributed by atoms with Crippen molar-refractivity contribution in [2.24, 2.45) is 0 Å². The molecule has 2 aliphatic rings. The summed E-state index contributed by atoms with van der Waals surface area (Å²) < 4.78 is 46.4. The zero-order valence-electron chi connectivity index (χ0n) is 24.1. The van der Waals surface area contributed by atoms with Crippen LogP contribution in [-0.2, 0) is 10.3 Å². The Labute approximate surface area is 252 Å². The smallest absolute Gasteiger partial charge is 0.274 e. The molecule has 5 rings (SSSR count). The number of amides is 2. The standard InChI is InChI=1S/C31H34ClF3N4O4/c1-29(2,22-7-5-18(33)12-23(22)32)36-27(40)15-31(16-39(17-31)20-8-10-30(3,42)11-9-20)37-28(41)25-14-26(43-38-25)21-6-4-19(34)13-24(21)35/h4-7,12-14,20,42H,8-11,15-17H2,1-3H3,(H,36,40)(H,37,41). The molecule has 2 amide bonds. The first-order valence-electron chi connectivity index (χ1n) is 14.1. The monoisotopic (exact) mass is 618 g/mol. The largest absolute Gasteiger partial charge is 0.390 e. The van der Waals surface area contributed by atoms with Crippen molar-refractivity contribution in [2.75, 3.05) is 13.1 Å². The van der Waals surface area contributed by atoms with E-state index in [1.165, 1.54) is 30.3 Å². The summed E-state index contributed by atoms with van der Waals surface area (Å²) in [4.78, 5) is 29.0. The summed E-state index contributed by atoms with van der Waals surface area (Å²) in [5.74, 6) is -3.11. The summed E-state index contributed by atoms with van der Waals surface area (Å²) >= 11 is 6.26. The van der Waals surface area contributed by atoms with Gasteiger partial charge in [0.15, 0.2) is 11.5 Å². The molecule has 43 heavy (non-hydrogen) atoms. The van der Waals surface area contributed by atoms with Crippen molar-refractivity contribution >= 4 is 23.4 Å². The quantitative estimate of drug-likeness (QED) is 0.315. The lowest BCUT2D eigenvalue weighted by molar-refractivity contribution is -0.127. The number of likely N-dealkylation sites (tertiary alicyclic amines) is 1. The Balaban J connectivity index is 1.32. The number of hydrogen-bond acceptors (Lipinski definition) is 6. The number of benzene rings is 2. The second kappa shape index (κ2) is 11.6. The molecule has 0 radical (unpaired) electrons. The van der Waals surface area contributed by atoms with Gasteiger partial charge in [0.25, 0.3) is 5.91 Å². The van der Waals surface area contributed by atoms with Crippen LogP contribution in [0.4, 0.5) is 13.2 Å². The van der Waals surface area contributed by atoms with E-state index < -0.39 is 40.0 Å². The fourth-order valence-corrected chi connectivity index (χ4v) is 6.48. The fraction of sp³-hybridized carbons (Fsp3) is 0.452. The molecule has 0 spiro atoms. The Morgan fingerprint density at radius 1 is 1.09 bits per heavy atom. The lowest BCUT2D eigenvalue weighted by Crippen LogP contribution is -2.73. The molecule has 1 aliphatic carbocycles. The van der Waals surface area contributed by atoms with Gasteiger partial charge in [-0.15, -0.1) is 0 Å². The second-order valence-corrected chi connectivity index (χ2v) is 12.9. The van der Waals surface area contributed by atoms with Crippen molar-refractivity contribution in [3.63, 3.8) is 0 Å². The number of hydrogen-bond donors (Lipinski definition) is 3. The van der Waals surface area contributed by atoms with Crippen LogP contribution in [0, 0.1) is 17.5 Å². The van der Waals surface area contributed by atoms with Crippen molar-refractivity contribution in [2.45, 2.75) is 75.6 Å². The molecule has 2 aromatic carbocycles. The molecule has 12 heteroatoms. The zero-order valence-corrected chi connectivity index (χ0v) is 24.9. The highest BCUT2D eigenvalue weighted by atomic mass is 35.5. The van der Waals surface area contributed by atoms with Crippen molar-refractivity contribution < 1.29 is 32.4 Å². The molecule has 0 unspecified atom stereocenters. The molecule has 0 atom stereocenters. The number of nitrogens with zero attached hydrogens (tertiary/aromatic N) is 2. The maximum atomic E-state index is 14.3. The Hall–Kier alpha value is -3.41. The van der Waals surface area contributed by atoms with Crippen LogP contribution in [-0.4, -0.2) is 57.2 Å². The van der Waals surface area contributed by atoms with Gasteiger partial charge in [0.1, 0.15) is 17.5 Å². The number of rotatable bonds is 8. The SMILES string of the molecule is CC1(O)CCC(N2CC(CC(=O)NC(C)(C)c3ccc(F)cc3Cl)(NC(=O)c3cc(-c4ccc(F)cc4F)on3)C2)CC1. The van der Waals surface area contributed by atoms with E-state index in [-0.39, 0.29) is 40.4 Å². The van der Waals surface area contributed by atoms with E-state index in [0.29, 0.717) is 37.6 Å². The molecule has 230 valence electrons. The lowest BCUT2D eigenvalue weighted by Gasteiger charge is -2.54. The Morgan fingerprint density at radius 2 is 1.74 bits per heavy atom. The molecule has 3 N–H and O–H groups in total. The molecule has 1 saturated carbocycles. The maximum Gasteiger partial charge on any atom is 0.274 e. The van der Waals surface area contributed by atoms with Gasteiger partial charge in [0.2, 0.25) is 5.91 Å². The average molecular weight is 619 g/mol. The molecule has 3 aromatic rings. The van der Waals surface area contributed by atoms with Crippen molar-refractivity contribution in [3.8, 4) is 11.3 Å². The van der Waals surface area contributed by atoms with Gasteiger partial charge in [-0.05, 0) is 76.3 Å². The van der Waals surface area contributed by atoms with E-state index in [2.05, 4.69) is 20.7 Å². The van der Waals surface area contributed by atoms with Gasteiger partial charge < -0.3 is 20.3 Å². The molecular weight excluding hydrogens is 585 g/mol. The van der Waals surface area contributed by atoms with Crippen molar-refractivity contribution in [1.29, 1.82) is 0 Å². The second-order valence-electron chi connectivity index (χ2n) is 12.5. The first kappa shape index (κ1) is 31.0. The predicted octanol–water partition coefficient (Wildman–Crippen LogP) is 5.33. The van der Waals surface area contributed by atoms with Gasteiger partial charge in [-0.1, -0.05) is 22.8 Å². The minimum Gasteiger partial charge on any atom is -0.390 e. The van der Waals surface area contributed by atoms with Crippen LogP contribution in [0.3, 0.4) is 0 Å². The van der Waals surface area contributed by atoms with Crippen LogP contribution in [0.25, 0.3) is 11.3 Å². The van der Waals surface area contributed by atoms with E-state index in [9.17, 15) is 27.9 Å². The third kappa shape index (κ3) is 6.89. The molecule has 8 nitrogen and oxygen atoms in total. The molecule has 1 aromatic heterocycles. The molecule has 1 saturated heterocycles. The van der Waals surface area contributed by atoms with Crippen LogP contribution < -0.4 is 10.6 Å². The summed E-state index contributed by atoms with van der Waals surface area (Å²) in [5, 5.41) is 20.2. The van der Waals surface area contributed by atoms with Gasteiger partial charge in [0.05, 0.1) is 28.7 Å². The van der Waals surface area contributed by atoms with E-state index in [0.717, 1.165) is 18.9 Å². The van der Waals surface area contributed by atoms with E-state index in [1.54, 1.807) is 13.8 Å². The van der Waals surface area contributed by atoms with Crippen LogP contribution in [0.5, 0.6) is 0 Å². The first-order valence-corrected chi connectivity index (χ1v) is 14.5. The maximum absolute atomic E-state index is 14.3. The van der Waals surface area contributed by atoms with Gasteiger partial charge in [-0.3, -0.25) is 14.5 Å². The third-order valence-electron chi connectivity index (χ3n) is 8.43. The number of aliphatic hydroxyl groups is 1. The van der Waals surface area contributed by atoms with Crippen molar-refractivity contribution in [1.82, 2.24) is 20.7 Å². The number of carbonyl (C=O) groups excluding carboxylic acids is 2. The Bertz CT molecular complexity index is 1530. The molecular formula is C31H34ClF3N4O4. The highest BCUT2D eigenvalue weighted by Gasteiger charge is 2.49. The van der Waals surface area contributed by atoms with E-state index in [4.69, 9.17) is 16.1 Å². The minimum atomic E-state index is -0.954.